The number of rotatable bonds is 10. The van der Waals surface area contributed by atoms with Gasteiger partial charge in [0.2, 0.25) is 0 Å². The number of hydrogen-bond donors (Lipinski definition) is 0. The van der Waals surface area contributed by atoms with Gasteiger partial charge in [-0.25, -0.2) is 0 Å². The summed E-state index contributed by atoms with van der Waals surface area (Å²) in [5, 5.41) is 20.0. The van der Waals surface area contributed by atoms with E-state index < -0.39 is 0 Å². The van der Waals surface area contributed by atoms with E-state index in [1.54, 1.807) is 0 Å². The second-order valence-electron chi connectivity index (χ2n) is 25.2. The van der Waals surface area contributed by atoms with Crippen LogP contribution in [0.3, 0.4) is 0 Å². The predicted molar refractivity (Wildman–Crippen MR) is 394 cm³/mol. The Morgan fingerprint density at radius 1 is 0.138 bits per heavy atom. The van der Waals surface area contributed by atoms with Crippen LogP contribution in [0.5, 0.6) is 0 Å². The van der Waals surface area contributed by atoms with Crippen LogP contribution in [0.25, 0.3) is 154 Å². The highest BCUT2D eigenvalue weighted by molar-refractivity contribution is 6.16. The first-order valence-electron chi connectivity index (χ1n) is 32.7. The van der Waals surface area contributed by atoms with Crippen LogP contribution in [0, 0.1) is 41.7 Å². The summed E-state index contributed by atoms with van der Waals surface area (Å²) in [5.41, 5.74) is 24.1. The molecule has 0 aliphatic heterocycles. The number of benzene rings is 17. The summed E-state index contributed by atoms with van der Waals surface area (Å²) in [4.78, 5) is 0. The lowest BCUT2D eigenvalue weighted by molar-refractivity contribution is 1.47. The van der Waals surface area contributed by atoms with Crippen molar-refractivity contribution in [3.8, 4) is 111 Å². The van der Waals surface area contributed by atoms with Crippen LogP contribution in [-0.4, -0.2) is 0 Å². The SMILES string of the molecule is c1ccc(-c2ccc(-c3ccccc3)c(-c3c4c(c(-c5ccccc5-c5ccccc5)c5ccccc35)=c3ccc5c6c(ccc=4c36)=c3c(-c4ccccc4-c4ccccc4)c4cc6ccccc6cc4c(-c4cc(-c6ccccc6)ccc4-c4ccccc4)c3=5)c2)cc1. The Labute approximate surface area is 544 Å². The van der Waals surface area contributed by atoms with E-state index in [2.05, 4.69) is 352 Å². The van der Waals surface area contributed by atoms with E-state index in [-0.39, 0.29) is 0 Å². The molecule has 94 heavy (non-hydrogen) atoms. The van der Waals surface area contributed by atoms with Crippen molar-refractivity contribution in [3.63, 3.8) is 0 Å². The summed E-state index contributed by atoms with van der Waals surface area (Å²) >= 11 is 0. The third kappa shape index (κ3) is 8.33. The zero-order chi connectivity index (χ0) is 61.8. The van der Waals surface area contributed by atoms with Crippen LogP contribution < -0.4 is 0 Å². The van der Waals surface area contributed by atoms with Gasteiger partial charge in [0.05, 0.1) is 0 Å². The molecule has 2 aliphatic rings. The van der Waals surface area contributed by atoms with Gasteiger partial charge in [0.25, 0.3) is 0 Å². The van der Waals surface area contributed by atoms with E-state index in [0.29, 0.717) is 0 Å². The lowest BCUT2D eigenvalue weighted by Crippen LogP contribution is -1.96. The Hall–Kier alpha value is -12.2. The Balaban J connectivity index is 1.08. The van der Waals surface area contributed by atoms with Gasteiger partial charge in [-0.2, -0.15) is 0 Å². The van der Waals surface area contributed by atoms with E-state index in [1.807, 2.05) is 0 Å². The fourth-order valence-electron chi connectivity index (χ4n) is 16.1. The summed E-state index contributed by atoms with van der Waals surface area (Å²) in [6, 6.07) is 132. The Kier molecular flexibility index (Phi) is 12.4. The maximum Gasteiger partial charge on any atom is -0.000717 e. The molecule has 0 radical (unpaired) electrons. The first-order valence-corrected chi connectivity index (χ1v) is 32.7. The van der Waals surface area contributed by atoms with Crippen molar-refractivity contribution >= 4 is 43.1 Å². The van der Waals surface area contributed by atoms with Crippen molar-refractivity contribution in [2.45, 2.75) is 0 Å². The Morgan fingerprint density at radius 3 is 0.745 bits per heavy atom. The molecule has 0 nitrogen and oxygen atoms in total. The topological polar surface area (TPSA) is 0 Å². The lowest BCUT2D eigenvalue weighted by atomic mass is 9.82. The van der Waals surface area contributed by atoms with Gasteiger partial charge in [0.15, 0.2) is 0 Å². The standard InChI is InChI=1S/C94H58/c1-7-27-59(28-8-1)67-47-49-71(63-35-15-5-16-36-63)81(57-67)87-76-46-26-25-45-75(76)85(73-43-23-21-41-69(73)61-31-11-3-12-32-61)91-77-51-54-80-89-78(52-53-79(88(77)89)93(87)91)92-86(74-44-24-22-42-70(74)62-33-13-4-14-34-62)83-55-65-39-19-20-40-66(65)56-84(83)90(94(80)92)82-58-68(60-29-9-2-10-30-60)48-50-72(82)64-37-17-6-18-38-64/h1-58H. The molecule has 17 aromatic carbocycles. The first kappa shape index (κ1) is 53.6. The normalized spacial score (nSPS) is 11.8. The molecule has 0 N–H and O–H groups in total. The highest BCUT2D eigenvalue weighted by Gasteiger charge is 2.28. The Morgan fingerprint density at radius 2 is 0.394 bits per heavy atom. The van der Waals surface area contributed by atoms with Crippen LogP contribution in [0.4, 0.5) is 0 Å². The van der Waals surface area contributed by atoms with Crippen molar-refractivity contribution < 1.29 is 0 Å². The van der Waals surface area contributed by atoms with Crippen LogP contribution in [0.1, 0.15) is 0 Å². The molecule has 17 aromatic rings. The molecule has 2 aliphatic carbocycles. The highest BCUT2D eigenvalue weighted by Crippen LogP contribution is 2.51. The van der Waals surface area contributed by atoms with Gasteiger partial charge in [-0.1, -0.05) is 328 Å². The molecule has 434 valence electrons. The van der Waals surface area contributed by atoms with E-state index in [1.165, 1.54) is 196 Å². The number of hydrogen-bond acceptors (Lipinski definition) is 0. The van der Waals surface area contributed by atoms with E-state index >= 15 is 0 Å². The van der Waals surface area contributed by atoms with Gasteiger partial charge < -0.3 is 0 Å². The minimum Gasteiger partial charge on any atom is -0.0622 e. The van der Waals surface area contributed by atoms with Crippen molar-refractivity contribution in [2.75, 3.05) is 0 Å². The minimum atomic E-state index is 1.18. The third-order valence-electron chi connectivity index (χ3n) is 20.2. The molecule has 0 bridgehead atoms. The van der Waals surface area contributed by atoms with Gasteiger partial charge >= 0.3 is 0 Å². The summed E-state index contributed by atoms with van der Waals surface area (Å²) in [5.74, 6) is 0. The maximum atomic E-state index is 2.52. The first-order chi connectivity index (χ1) is 46.7. The van der Waals surface area contributed by atoms with E-state index in [4.69, 9.17) is 0 Å². The predicted octanol–water partition coefficient (Wildman–Crippen LogP) is 24.7. The fraction of sp³-hybridized carbons (Fsp3) is 0. The van der Waals surface area contributed by atoms with Crippen LogP contribution in [0.2, 0.25) is 0 Å². The molecule has 0 aromatic heterocycles. The van der Waals surface area contributed by atoms with Gasteiger partial charge in [0, 0.05) is 0 Å². The molecule has 0 fully saturated rings. The molecule has 0 unspecified atom stereocenters. The molecule has 0 amide bonds. The summed E-state index contributed by atoms with van der Waals surface area (Å²) in [6.07, 6.45) is 0. The zero-order valence-electron chi connectivity index (χ0n) is 51.5. The maximum absolute atomic E-state index is 2.52. The monoisotopic (exact) mass is 1190 g/mol. The van der Waals surface area contributed by atoms with Crippen LogP contribution in [-0.2, 0) is 0 Å². The van der Waals surface area contributed by atoms with Crippen molar-refractivity contribution in [1.29, 1.82) is 0 Å². The lowest BCUT2D eigenvalue weighted by Gasteiger charge is -2.20. The molecule has 0 atom stereocenters. The van der Waals surface area contributed by atoms with E-state index in [0.717, 1.165) is 0 Å². The molecular weight excluding hydrogens is 1130 g/mol. The summed E-state index contributed by atoms with van der Waals surface area (Å²) < 4.78 is 0. The fourth-order valence-corrected chi connectivity index (χ4v) is 16.1. The van der Waals surface area contributed by atoms with Crippen molar-refractivity contribution in [2.24, 2.45) is 0 Å². The van der Waals surface area contributed by atoms with Crippen LogP contribution >= 0.6 is 0 Å². The van der Waals surface area contributed by atoms with Gasteiger partial charge in [-0.3, -0.25) is 0 Å². The summed E-state index contributed by atoms with van der Waals surface area (Å²) in [7, 11) is 0. The molecule has 0 saturated heterocycles. The molecule has 0 heteroatoms. The minimum absolute atomic E-state index is 1.18. The second-order valence-corrected chi connectivity index (χ2v) is 25.2. The van der Waals surface area contributed by atoms with Gasteiger partial charge in [-0.15, -0.1) is 0 Å². The average Bonchev–Trinajstić information content (AvgIpc) is 1.51. The Bertz CT molecular complexity index is 6410. The quantitative estimate of drug-likeness (QED) is 0.120. The van der Waals surface area contributed by atoms with Crippen LogP contribution in [0.15, 0.2) is 352 Å². The second kappa shape index (κ2) is 21.7. The number of fused-ring (bicyclic) bond motifs is 5. The van der Waals surface area contributed by atoms with E-state index in [9.17, 15) is 0 Å². The third-order valence-corrected chi connectivity index (χ3v) is 20.2. The molecular formula is C94H58. The molecule has 19 rings (SSSR count). The smallest absolute Gasteiger partial charge is 0.000717 e. The molecule has 0 saturated carbocycles. The molecule has 0 heterocycles. The van der Waals surface area contributed by atoms with Crippen molar-refractivity contribution in [3.05, 3.63) is 394 Å². The van der Waals surface area contributed by atoms with Gasteiger partial charge in [0.1, 0.15) is 0 Å². The molecule has 0 spiro atoms. The average molecular weight is 1190 g/mol. The largest absolute Gasteiger partial charge is 0.0622 e. The van der Waals surface area contributed by atoms with Crippen molar-refractivity contribution in [1.82, 2.24) is 0 Å². The van der Waals surface area contributed by atoms with Gasteiger partial charge in [-0.05, 0) is 220 Å². The zero-order valence-corrected chi connectivity index (χ0v) is 51.5. The summed E-state index contributed by atoms with van der Waals surface area (Å²) in [6.45, 7) is 0. The highest BCUT2D eigenvalue weighted by atomic mass is 14.3.